The second-order valence-corrected chi connectivity index (χ2v) is 15.7. The number of hydrogen-bond acceptors (Lipinski definition) is 1. The largest absolute Gasteiger partial charge is 0.310 e. The van der Waals surface area contributed by atoms with Crippen LogP contribution in [0.3, 0.4) is 0 Å². The number of nitrogens with zero attached hydrogens (tertiary/aromatic N) is 3. The van der Waals surface area contributed by atoms with E-state index in [1.807, 2.05) is 0 Å². The molecule has 10 aromatic carbocycles. The van der Waals surface area contributed by atoms with Crippen molar-refractivity contribution in [3.63, 3.8) is 0 Å². The molecule has 0 amide bonds. The zero-order valence-electron chi connectivity index (χ0n) is 33.4. The van der Waals surface area contributed by atoms with Crippen molar-refractivity contribution in [3.05, 3.63) is 237 Å². The van der Waals surface area contributed by atoms with E-state index in [1.165, 1.54) is 71.1 Å². The molecule has 0 bridgehead atoms. The number of fused-ring (bicyclic) bond motifs is 7. The van der Waals surface area contributed by atoms with Crippen LogP contribution in [0.1, 0.15) is 0 Å². The van der Waals surface area contributed by atoms with Gasteiger partial charge in [0.05, 0.1) is 27.8 Å². The zero-order valence-corrected chi connectivity index (χ0v) is 33.4. The lowest BCUT2D eigenvalue weighted by Crippen LogP contribution is -2.10. The third-order valence-corrected chi connectivity index (χ3v) is 12.3. The van der Waals surface area contributed by atoms with Gasteiger partial charge >= 0.3 is 0 Å². The summed E-state index contributed by atoms with van der Waals surface area (Å²) in [6.45, 7) is 0. The number of hydrogen-bond donors (Lipinski definition) is 0. The molecule has 0 aliphatic carbocycles. The Kier molecular flexibility index (Phi) is 8.17. The van der Waals surface area contributed by atoms with Gasteiger partial charge in [-0.1, -0.05) is 158 Å². The van der Waals surface area contributed by atoms with Crippen molar-refractivity contribution in [1.29, 1.82) is 0 Å². The first-order chi connectivity index (χ1) is 30.3. The molecular formula is C58H39N3. The van der Waals surface area contributed by atoms with E-state index in [9.17, 15) is 0 Å². The molecule has 0 radical (unpaired) electrons. The lowest BCUT2D eigenvalue weighted by Gasteiger charge is -2.26. The molecule has 0 saturated heterocycles. The van der Waals surface area contributed by atoms with Gasteiger partial charge in [-0.25, -0.2) is 0 Å². The van der Waals surface area contributed by atoms with E-state index in [4.69, 9.17) is 0 Å². The molecule has 3 nitrogen and oxygen atoms in total. The number of anilines is 3. The lowest BCUT2D eigenvalue weighted by atomic mass is 9.95. The standard InChI is InChI=1S/C58H39N3/c1-3-15-40(16-4-1)41-27-32-45(33-28-41)59(47-36-38-56-52(39-47)51-23-11-12-24-53(51)60(56)44-18-5-2-6-19-44)46-34-29-43(30-35-46)58-48-20-8-7-17-42(48)31-37-57(58)61-54-25-13-9-21-49(54)50-22-10-14-26-55(50)61/h1-39H. The summed E-state index contributed by atoms with van der Waals surface area (Å²) in [5.41, 5.74) is 15.1. The summed E-state index contributed by atoms with van der Waals surface area (Å²) < 4.78 is 4.82. The van der Waals surface area contributed by atoms with Crippen molar-refractivity contribution in [2.75, 3.05) is 4.90 Å². The van der Waals surface area contributed by atoms with Crippen LogP contribution in [-0.4, -0.2) is 9.13 Å². The van der Waals surface area contributed by atoms with Gasteiger partial charge in [-0.3, -0.25) is 0 Å². The molecule has 0 spiro atoms. The number of rotatable bonds is 7. The van der Waals surface area contributed by atoms with Crippen LogP contribution in [0.2, 0.25) is 0 Å². The molecule has 12 aromatic rings. The maximum atomic E-state index is 2.45. The normalized spacial score (nSPS) is 11.6. The number of aromatic nitrogens is 2. The highest BCUT2D eigenvalue weighted by molar-refractivity contribution is 6.12. The van der Waals surface area contributed by atoms with E-state index in [1.54, 1.807) is 0 Å². The highest BCUT2D eigenvalue weighted by Gasteiger charge is 2.20. The van der Waals surface area contributed by atoms with Crippen molar-refractivity contribution in [3.8, 4) is 33.6 Å². The Morgan fingerprint density at radius 3 is 1.38 bits per heavy atom. The van der Waals surface area contributed by atoms with E-state index in [-0.39, 0.29) is 0 Å². The zero-order chi connectivity index (χ0) is 40.3. The van der Waals surface area contributed by atoms with E-state index >= 15 is 0 Å². The van der Waals surface area contributed by atoms with Crippen LogP contribution in [0, 0.1) is 0 Å². The molecule has 2 aromatic heterocycles. The minimum absolute atomic E-state index is 1.08. The Bertz CT molecular complexity index is 3510. The molecule has 0 aliphatic rings. The molecule has 12 rings (SSSR count). The summed E-state index contributed by atoms with van der Waals surface area (Å²) in [6.07, 6.45) is 0. The Morgan fingerprint density at radius 1 is 0.279 bits per heavy atom. The van der Waals surface area contributed by atoms with Gasteiger partial charge in [-0.15, -0.1) is 0 Å². The summed E-state index contributed by atoms with van der Waals surface area (Å²) in [4.78, 5) is 2.39. The monoisotopic (exact) mass is 777 g/mol. The van der Waals surface area contributed by atoms with Gasteiger partial charge in [0, 0.05) is 49.9 Å². The Morgan fingerprint density at radius 2 is 0.738 bits per heavy atom. The van der Waals surface area contributed by atoms with Crippen LogP contribution in [0.15, 0.2) is 237 Å². The first-order valence-corrected chi connectivity index (χ1v) is 20.9. The van der Waals surface area contributed by atoms with Crippen LogP contribution < -0.4 is 4.90 Å². The molecule has 3 heteroatoms. The first kappa shape index (κ1) is 34.9. The van der Waals surface area contributed by atoms with E-state index < -0.39 is 0 Å². The minimum atomic E-state index is 1.08. The molecule has 286 valence electrons. The molecule has 0 aliphatic heterocycles. The first-order valence-electron chi connectivity index (χ1n) is 20.9. The fourth-order valence-corrected chi connectivity index (χ4v) is 9.54. The summed E-state index contributed by atoms with van der Waals surface area (Å²) in [5, 5.41) is 7.39. The van der Waals surface area contributed by atoms with Gasteiger partial charge < -0.3 is 14.0 Å². The fraction of sp³-hybridized carbons (Fsp3) is 0. The van der Waals surface area contributed by atoms with Crippen LogP contribution in [0.25, 0.3) is 88.0 Å². The topological polar surface area (TPSA) is 13.1 Å². The molecular weight excluding hydrogens is 739 g/mol. The highest BCUT2D eigenvalue weighted by atomic mass is 15.1. The summed E-state index contributed by atoms with van der Waals surface area (Å²) in [7, 11) is 0. The molecule has 0 fully saturated rings. The third kappa shape index (κ3) is 5.74. The second-order valence-electron chi connectivity index (χ2n) is 15.7. The van der Waals surface area contributed by atoms with Gasteiger partial charge in [0.25, 0.3) is 0 Å². The number of benzene rings is 10. The van der Waals surface area contributed by atoms with Crippen molar-refractivity contribution >= 4 is 71.4 Å². The lowest BCUT2D eigenvalue weighted by molar-refractivity contribution is 1.18. The highest BCUT2D eigenvalue weighted by Crippen LogP contribution is 2.43. The minimum Gasteiger partial charge on any atom is -0.310 e. The Hall–Kier alpha value is -8.14. The molecule has 0 N–H and O–H groups in total. The third-order valence-electron chi connectivity index (χ3n) is 12.3. The molecule has 2 heterocycles. The molecule has 0 unspecified atom stereocenters. The Balaban J connectivity index is 1.04. The molecule has 61 heavy (non-hydrogen) atoms. The van der Waals surface area contributed by atoms with Crippen LogP contribution in [0.5, 0.6) is 0 Å². The predicted molar refractivity (Wildman–Crippen MR) is 258 cm³/mol. The second kappa shape index (κ2) is 14.3. The summed E-state index contributed by atoms with van der Waals surface area (Å²) in [6, 6.07) is 85.9. The van der Waals surface area contributed by atoms with E-state index in [0.717, 1.165) is 34.0 Å². The van der Waals surface area contributed by atoms with Crippen LogP contribution >= 0.6 is 0 Å². The average Bonchev–Trinajstić information content (AvgIpc) is 3.85. The molecule has 0 saturated carbocycles. The van der Waals surface area contributed by atoms with E-state index in [2.05, 4.69) is 251 Å². The predicted octanol–water partition coefficient (Wildman–Crippen LogP) is 15.8. The van der Waals surface area contributed by atoms with Gasteiger partial charge in [-0.2, -0.15) is 0 Å². The van der Waals surface area contributed by atoms with Crippen LogP contribution in [0.4, 0.5) is 17.1 Å². The van der Waals surface area contributed by atoms with Gasteiger partial charge in [0.1, 0.15) is 0 Å². The van der Waals surface area contributed by atoms with Crippen molar-refractivity contribution in [2.45, 2.75) is 0 Å². The maximum Gasteiger partial charge on any atom is 0.0547 e. The Labute approximate surface area is 354 Å². The average molecular weight is 778 g/mol. The van der Waals surface area contributed by atoms with Gasteiger partial charge in [0.2, 0.25) is 0 Å². The van der Waals surface area contributed by atoms with Crippen molar-refractivity contribution < 1.29 is 0 Å². The number of para-hydroxylation sites is 4. The van der Waals surface area contributed by atoms with Crippen molar-refractivity contribution in [2.24, 2.45) is 0 Å². The SMILES string of the molecule is c1ccc(-c2ccc(N(c3ccc(-c4c(-n5c6ccccc6c6ccccc65)ccc5ccccc45)cc3)c3ccc4c(c3)c3ccccc3n4-c3ccccc3)cc2)cc1. The molecule has 0 atom stereocenters. The van der Waals surface area contributed by atoms with Crippen molar-refractivity contribution in [1.82, 2.24) is 9.13 Å². The van der Waals surface area contributed by atoms with E-state index in [0.29, 0.717) is 0 Å². The smallest absolute Gasteiger partial charge is 0.0547 e. The van der Waals surface area contributed by atoms with Gasteiger partial charge in [0.15, 0.2) is 0 Å². The maximum absolute atomic E-state index is 2.45. The summed E-state index contributed by atoms with van der Waals surface area (Å²) >= 11 is 0. The van der Waals surface area contributed by atoms with Gasteiger partial charge in [-0.05, 0) is 106 Å². The van der Waals surface area contributed by atoms with Crippen LogP contribution in [-0.2, 0) is 0 Å². The summed E-state index contributed by atoms with van der Waals surface area (Å²) in [5.74, 6) is 0. The quantitative estimate of drug-likeness (QED) is 0.157. The fourth-order valence-electron chi connectivity index (χ4n) is 9.54.